The Hall–Kier alpha value is -0.348. The van der Waals surface area contributed by atoms with Crippen molar-refractivity contribution < 1.29 is 20.4 Å². The van der Waals surface area contributed by atoms with Crippen molar-refractivity contribution in [1.29, 1.82) is 0 Å². The van der Waals surface area contributed by atoms with Gasteiger partial charge in [0, 0.05) is 38.9 Å². The summed E-state index contributed by atoms with van der Waals surface area (Å²) in [5.74, 6) is 0. The molecule has 3 N–H and O–H groups in total. The molecule has 0 aromatic carbocycles. The number of pyridine rings is 1. The van der Waals surface area contributed by atoms with Gasteiger partial charge in [0.1, 0.15) is 0 Å². The molecule has 1 aliphatic rings. The average molecular weight is 398 g/mol. The molecule has 0 spiro atoms. The van der Waals surface area contributed by atoms with Gasteiger partial charge in [-0.15, -0.1) is 0 Å². The molecule has 1 fully saturated rings. The van der Waals surface area contributed by atoms with E-state index >= 15 is 0 Å². The van der Waals surface area contributed by atoms with Crippen molar-refractivity contribution in [2.24, 2.45) is 0 Å². The SMILES string of the molecule is [Pd+2].c1ccc(CN2CCCNCCNCCCNCC2)nc1. The van der Waals surface area contributed by atoms with Crippen LogP contribution in [0.25, 0.3) is 0 Å². The number of nitrogens with zero attached hydrogens (tertiary/aromatic N) is 2. The van der Waals surface area contributed by atoms with E-state index in [9.17, 15) is 0 Å². The minimum Gasteiger partial charge on any atom is -0.315 e. The molecule has 0 saturated carbocycles. The maximum atomic E-state index is 4.44. The molecule has 0 atom stereocenters. The molecule has 22 heavy (non-hydrogen) atoms. The Labute approximate surface area is 148 Å². The van der Waals surface area contributed by atoms with Gasteiger partial charge in [-0.25, -0.2) is 0 Å². The van der Waals surface area contributed by atoms with Gasteiger partial charge in [-0.05, 0) is 51.2 Å². The van der Waals surface area contributed by atoms with Crippen LogP contribution >= 0.6 is 0 Å². The summed E-state index contributed by atoms with van der Waals surface area (Å²) < 4.78 is 0. The largest absolute Gasteiger partial charge is 2.00 e. The molecule has 1 aliphatic heterocycles. The molecule has 1 aromatic rings. The van der Waals surface area contributed by atoms with Crippen molar-refractivity contribution in [3.63, 3.8) is 0 Å². The van der Waals surface area contributed by atoms with Crippen molar-refractivity contribution >= 4 is 0 Å². The Morgan fingerprint density at radius 2 is 1.59 bits per heavy atom. The van der Waals surface area contributed by atoms with Gasteiger partial charge in [-0.2, -0.15) is 0 Å². The van der Waals surface area contributed by atoms with Gasteiger partial charge in [-0.3, -0.25) is 9.88 Å². The van der Waals surface area contributed by atoms with Crippen LogP contribution in [0.1, 0.15) is 18.5 Å². The Balaban J connectivity index is 0.00000242. The maximum Gasteiger partial charge on any atom is 2.00 e. The number of aromatic nitrogens is 1. The van der Waals surface area contributed by atoms with E-state index in [2.05, 4.69) is 38.0 Å². The van der Waals surface area contributed by atoms with Crippen molar-refractivity contribution in [3.05, 3.63) is 30.1 Å². The molecule has 126 valence electrons. The summed E-state index contributed by atoms with van der Waals surface area (Å²) in [4.78, 5) is 6.94. The third-order valence-electron chi connectivity index (χ3n) is 3.73. The standard InChI is InChI=1S/C16H29N5.Pd/c1-2-9-20-16(5-1)15-21-13-4-8-18-11-10-17-6-3-7-19-12-14-21;/h1-2,5,9,17-19H,3-4,6-8,10-15H2;/q;+2. The molecule has 2 heterocycles. The topological polar surface area (TPSA) is 52.2 Å². The first kappa shape index (κ1) is 19.7. The summed E-state index contributed by atoms with van der Waals surface area (Å²) in [5, 5.41) is 10.5. The molecule has 0 unspecified atom stereocenters. The fraction of sp³-hybridized carbons (Fsp3) is 0.688. The summed E-state index contributed by atoms with van der Waals surface area (Å²) in [6.07, 6.45) is 4.26. The van der Waals surface area contributed by atoms with E-state index in [1.165, 1.54) is 12.8 Å². The summed E-state index contributed by atoms with van der Waals surface area (Å²) in [6.45, 7) is 9.64. The normalized spacial score (nSPS) is 19.8. The molecular formula is C16H29N5Pd+2. The second kappa shape index (κ2) is 13.1. The number of hydrogen-bond acceptors (Lipinski definition) is 5. The van der Waals surface area contributed by atoms with Gasteiger partial charge in [-0.1, -0.05) is 6.07 Å². The molecular weight excluding hydrogens is 369 g/mol. The molecule has 2 rings (SSSR count). The quantitative estimate of drug-likeness (QED) is 0.632. The number of nitrogens with one attached hydrogen (secondary N) is 3. The molecule has 0 amide bonds. The smallest absolute Gasteiger partial charge is 0.315 e. The summed E-state index contributed by atoms with van der Waals surface area (Å²) in [7, 11) is 0. The second-order valence-electron chi connectivity index (χ2n) is 5.55. The molecule has 0 bridgehead atoms. The van der Waals surface area contributed by atoms with Crippen LogP contribution in [0.3, 0.4) is 0 Å². The zero-order chi connectivity index (χ0) is 14.6. The Bertz CT molecular complexity index is 349. The predicted molar refractivity (Wildman–Crippen MR) is 87.4 cm³/mol. The first-order valence-corrected chi connectivity index (χ1v) is 8.19. The third kappa shape index (κ3) is 8.94. The minimum absolute atomic E-state index is 0. The van der Waals surface area contributed by atoms with Crippen LogP contribution in [-0.4, -0.2) is 62.2 Å². The van der Waals surface area contributed by atoms with Crippen molar-refractivity contribution in [3.8, 4) is 0 Å². The molecule has 5 nitrogen and oxygen atoms in total. The third-order valence-corrected chi connectivity index (χ3v) is 3.73. The van der Waals surface area contributed by atoms with Crippen molar-refractivity contribution in [2.45, 2.75) is 19.4 Å². The summed E-state index contributed by atoms with van der Waals surface area (Å²) in [5.41, 5.74) is 1.16. The minimum atomic E-state index is 0. The Morgan fingerprint density at radius 3 is 2.32 bits per heavy atom. The monoisotopic (exact) mass is 397 g/mol. The van der Waals surface area contributed by atoms with Gasteiger partial charge < -0.3 is 16.0 Å². The molecule has 1 saturated heterocycles. The number of hydrogen-bond donors (Lipinski definition) is 3. The fourth-order valence-corrected chi connectivity index (χ4v) is 2.55. The van der Waals surface area contributed by atoms with E-state index in [4.69, 9.17) is 0 Å². The van der Waals surface area contributed by atoms with Crippen LogP contribution in [0.2, 0.25) is 0 Å². The van der Waals surface area contributed by atoms with Gasteiger partial charge in [0.25, 0.3) is 0 Å². The van der Waals surface area contributed by atoms with Gasteiger partial charge in [0.15, 0.2) is 0 Å². The fourth-order valence-electron chi connectivity index (χ4n) is 2.55. The van der Waals surface area contributed by atoms with Crippen molar-refractivity contribution in [2.75, 3.05) is 52.4 Å². The molecule has 0 radical (unpaired) electrons. The van der Waals surface area contributed by atoms with Crippen LogP contribution in [-0.2, 0) is 27.0 Å². The van der Waals surface area contributed by atoms with E-state index in [0.29, 0.717) is 0 Å². The number of rotatable bonds is 2. The van der Waals surface area contributed by atoms with Crippen LogP contribution in [0, 0.1) is 0 Å². The summed E-state index contributed by atoms with van der Waals surface area (Å²) in [6, 6.07) is 6.16. The van der Waals surface area contributed by atoms with Crippen LogP contribution < -0.4 is 16.0 Å². The Morgan fingerprint density at radius 1 is 0.864 bits per heavy atom. The average Bonchev–Trinajstić information content (AvgIpc) is 2.52. The molecule has 6 heteroatoms. The summed E-state index contributed by atoms with van der Waals surface area (Å²) >= 11 is 0. The van der Waals surface area contributed by atoms with Crippen LogP contribution in [0.4, 0.5) is 0 Å². The van der Waals surface area contributed by atoms with Gasteiger partial charge >= 0.3 is 20.4 Å². The van der Waals surface area contributed by atoms with E-state index in [0.717, 1.165) is 64.6 Å². The first-order valence-electron chi connectivity index (χ1n) is 8.19. The zero-order valence-electron chi connectivity index (χ0n) is 13.3. The second-order valence-corrected chi connectivity index (χ2v) is 5.55. The Kier molecular flexibility index (Phi) is 11.8. The first-order chi connectivity index (χ1) is 10.4. The van der Waals surface area contributed by atoms with E-state index in [1.807, 2.05) is 12.3 Å². The molecule has 1 aromatic heterocycles. The van der Waals surface area contributed by atoms with Gasteiger partial charge in [0.2, 0.25) is 0 Å². The van der Waals surface area contributed by atoms with E-state index in [-0.39, 0.29) is 20.4 Å². The molecule has 0 aliphatic carbocycles. The van der Waals surface area contributed by atoms with E-state index < -0.39 is 0 Å². The van der Waals surface area contributed by atoms with Crippen molar-refractivity contribution in [1.82, 2.24) is 25.8 Å². The van der Waals surface area contributed by atoms with E-state index in [1.54, 1.807) is 0 Å². The van der Waals surface area contributed by atoms with Crippen LogP contribution in [0.5, 0.6) is 0 Å². The van der Waals surface area contributed by atoms with Crippen LogP contribution in [0.15, 0.2) is 24.4 Å². The van der Waals surface area contributed by atoms with Gasteiger partial charge in [0.05, 0.1) is 5.69 Å². The zero-order valence-corrected chi connectivity index (χ0v) is 14.9. The maximum absolute atomic E-state index is 4.44. The predicted octanol–water partition coefficient (Wildman–Crippen LogP) is 0.444.